The summed E-state index contributed by atoms with van der Waals surface area (Å²) in [6.45, 7) is 0.603. The number of pyridine rings is 1. The fraction of sp³-hybridized carbons (Fsp3) is 0.333. The minimum Gasteiger partial charge on any atom is -0.472 e. The number of fused-ring (bicyclic) bond motifs is 1. The normalized spacial score (nSPS) is 20.5. The molecular formula is C15H16BrClN2O3. The molecule has 0 aliphatic carbocycles. The average molecular weight is 388 g/mol. The molecule has 7 heteroatoms. The monoisotopic (exact) mass is 386 g/mol. The molecule has 2 heterocycles. The van der Waals surface area contributed by atoms with Crippen molar-refractivity contribution in [2.75, 3.05) is 13.7 Å². The van der Waals surface area contributed by atoms with Crippen molar-refractivity contribution in [2.45, 2.75) is 18.6 Å². The first-order chi connectivity index (χ1) is 10.2. The van der Waals surface area contributed by atoms with E-state index in [4.69, 9.17) is 9.47 Å². The van der Waals surface area contributed by atoms with Crippen molar-refractivity contribution in [3.63, 3.8) is 0 Å². The molecule has 1 N–H and O–H groups in total. The number of methoxy groups -OCH3 is 1. The second-order valence-electron chi connectivity index (χ2n) is 4.94. The average Bonchev–Trinajstić information content (AvgIpc) is 2.95. The van der Waals surface area contributed by atoms with Crippen molar-refractivity contribution in [3.05, 3.63) is 34.9 Å². The Morgan fingerprint density at radius 2 is 2.23 bits per heavy atom. The van der Waals surface area contributed by atoms with Crippen LogP contribution in [0.1, 0.15) is 6.42 Å². The van der Waals surface area contributed by atoms with Gasteiger partial charge in [-0.3, -0.25) is 4.79 Å². The topological polar surface area (TPSA) is 60.5 Å². The van der Waals surface area contributed by atoms with Gasteiger partial charge in [-0.25, -0.2) is 4.98 Å². The number of esters is 1. The Kier molecular flexibility index (Phi) is 5.61. The number of benzene rings is 1. The molecule has 0 amide bonds. The summed E-state index contributed by atoms with van der Waals surface area (Å²) < 4.78 is 11.7. The first-order valence-electron chi connectivity index (χ1n) is 6.69. The Morgan fingerprint density at radius 1 is 1.41 bits per heavy atom. The van der Waals surface area contributed by atoms with E-state index in [-0.39, 0.29) is 30.5 Å². The molecule has 1 fully saturated rings. The number of halogens is 2. The van der Waals surface area contributed by atoms with Gasteiger partial charge in [-0.05, 0) is 23.6 Å². The maximum absolute atomic E-state index is 11.5. The van der Waals surface area contributed by atoms with Crippen molar-refractivity contribution < 1.29 is 14.3 Å². The summed E-state index contributed by atoms with van der Waals surface area (Å²) in [5, 5.41) is 5.12. The third-order valence-electron chi connectivity index (χ3n) is 3.55. The van der Waals surface area contributed by atoms with Gasteiger partial charge in [0.25, 0.3) is 0 Å². The van der Waals surface area contributed by atoms with Crippen molar-refractivity contribution >= 4 is 45.1 Å². The van der Waals surface area contributed by atoms with Crippen LogP contribution in [0.5, 0.6) is 5.88 Å². The second kappa shape index (κ2) is 7.26. The first-order valence-corrected chi connectivity index (χ1v) is 7.49. The quantitative estimate of drug-likeness (QED) is 0.821. The molecule has 1 aliphatic rings. The molecule has 118 valence electrons. The molecule has 1 aromatic heterocycles. The zero-order chi connectivity index (χ0) is 14.8. The zero-order valence-corrected chi connectivity index (χ0v) is 14.3. The maximum atomic E-state index is 11.5. The summed E-state index contributed by atoms with van der Waals surface area (Å²) in [4.78, 5) is 15.8. The standard InChI is InChI=1S/C15H15BrN2O3.ClH/c1-20-15(19)13-7-11(8-18-13)21-14-12-6-10(16)3-2-9(12)4-5-17-14;/h2-6,11,13,18H,7-8H2,1H3;1H/t11-,13+;/m1./s1. The molecular weight excluding hydrogens is 372 g/mol. The van der Waals surface area contributed by atoms with Crippen molar-refractivity contribution in [3.8, 4) is 5.88 Å². The summed E-state index contributed by atoms with van der Waals surface area (Å²) in [6.07, 6.45) is 2.22. The Balaban J connectivity index is 0.00000176. The predicted molar refractivity (Wildman–Crippen MR) is 89.5 cm³/mol. The van der Waals surface area contributed by atoms with Gasteiger partial charge in [-0.15, -0.1) is 12.4 Å². The van der Waals surface area contributed by atoms with E-state index in [0.29, 0.717) is 18.8 Å². The lowest BCUT2D eigenvalue weighted by atomic mass is 10.1. The van der Waals surface area contributed by atoms with Crippen LogP contribution < -0.4 is 10.1 Å². The molecule has 2 aromatic rings. The number of carbonyl (C=O) groups is 1. The van der Waals surface area contributed by atoms with Crippen LogP contribution >= 0.6 is 28.3 Å². The number of hydrogen-bond acceptors (Lipinski definition) is 5. The minimum absolute atomic E-state index is 0. The van der Waals surface area contributed by atoms with Crippen LogP contribution in [0.2, 0.25) is 0 Å². The highest BCUT2D eigenvalue weighted by molar-refractivity contribution is 9.10. The molecule has 1 saturated heterocycles. The lowest BCUT2D eigenvalue weighted by Crippen LogP contribution is -2.31. The summed E-state index contributed by atoms with van der Waals surface area (Å²) in [5.74, 6) is 0.334. The van der Waals surface area contributed by atoms with Crippen LogP contribution in [-0.2, 0) is 9.53 Å². The third kappa shape index (κ3) is 3.51. The lowest BCUT2D eigenvalue weighted by Gasteiger charge is -2.13. The maximum Gasteiger partial charge on any atom is 0.323 e. The fourth-order valence-corrected chi connectivity index (χ4v) is 2.84. The largest absolute Gasteiger partial charge is 0.472 e. The lowest BCUT2D eigenvalue weighted by molar-refractivity contribution is -0.142. The number of rotatable bonds is 3. The summed E-state index contributed by atoms with van der Waals surface area (Å²) in [5.41, 5.74) is 0. The van der Waals surface area contributed by atoms with E-state index < -0.39 is 0 Å². The van der Waals surface area contributed by atoms with Gasteiger partial charge in [-0.1, -0.05) is 22.0 Å². The van der Waals surface area contributed by atoms with Crippen molar-refractivity contribution in [2.24, 2.45) is 0 Å². The van der Waals surface area contributed by atoms with E-state index in [9.17, 15) is 4.79 Å². The molecule has 1 aliphatic heterocycles. The number of hydrogen-bond donors (Lipinski definition) is 1. The molecule has 1 aromatic carbocycles. The highest BCUT2D eigenvalue weighted by atomic mass is 79.9. The van der Waals surface area contributed by atoms with Crippen molar-refractivity contribution in [1.29, 1.82) is 0 Å². The number of ether oxygens (including phenoxy) is 2. The first kappa shape index (κ1) is 17.0. The van der Waals surface area contributed by atoms with Gasteiger partial charge in [0.15, 0.2) is 0 Å². The van der Waals surface area contributed by atoms with Gasteiger partial charge in [0.1, 0.15) is 12.1 Å². The van der Waals surface area contributed by atoms with E-state index >= 15 is 0 Å². The van der Waals surface area contributed by atoms with E-state index in [0.717, 1.165) is 15.2 Å². The van der Waals surface area contributed by atoms with Crippen LogP contribution in [0.4, 0.5) is 0 Å². The van der Waals surface area contributed by atoms with Crippen LogP contribution in [0.15, 0.2) is 34.9 Å². The molecule has 5 nitrogen and oxygen atoms in total. The number of nitrogens with zero attached hydrogens (tertiary/aromatic N) is 1. The second-order valence-corrected chi connectivity index (χ2v) is 5.86. The van der Waals surface area contributed by atoms with E-state index in [1.807, 2.05) is 24.3 Å². The van der Waals surface area contributed by atoms with E-state index in [1.165, 1.54) is 7.11 Å². The molecule has 0 bridgehead atoms. The smallest absolute Gasteiger partial charge is 0.323 e. The zero-order valence-electron chi connectivity index (χ0n) is 11.9. The highest BCUT2D eigenvalue weighted by Crippen LogP contribution is 2.28. The van der Waals surface area contributed by atoms with Gasteiger partial charge < -0.3 is 14.8 Å². The number of nitrogens with one attached hydrogen (secondary N) is 1. The Bertz CT molecular complexity index is 683. The molecule has 22 heavy (non-hydrogen) atoms. The summed E-state index contributed by atoms with van der Waals surface area (Å²) in [6, 6.07) is 7.62. The Labute approximate surface area is 142 Å². The summed E-state index contributed by atoms with van der Waals surface area (Å²) >= 11 is 3.46. The predicted octanol–water partition coefficient (Wildman–Crippen LogP) is 2.70. The van der Waals surface area contributed by atoms with Gasteiger partial charge in [0.05, 0.1) is 7.11 Å². The van der Waals surface area contributed by atoms with Crippen molar-refractivity contribution in [1.82, 2.24) is 10.3 Å². The van der Waals surface area contributed by atoms with Gasteiger partial charge >= 0.3 is 5.97 Å². The molecule has 0 radical (unpaired) electrons. The summed E-state index contributed by atoms with van der Waals surface area (Å²) in [7, 11) is 1.39. The van der Waals surface area contributed by atoms with Gasteiger partial charge in [-0.2, -0.15) is 0 Å². The molecule has 0 saturated carbocycles. The Morgan fingerprint density at radius 3 is 3.00 bits per heavy atom. The third-order valence-corrected chi connectivity index (χ3v) is 4.04. The minimum atomic E-state index is -0.304. The molecule has 3 rings (SSSR count). The van der Waals surface area contributed by atoms with Crippen LogP contribution in [-0.4, -0.2) is 36.8 Å². The number of carbonyl (C=O) groups excluding carboxylic acids is 1. The molecule has 0 unspecified atom stereocenters. The highest BCUT2D eigenvalue weighted by Gasteiger charge is 2.31. The fourth-order valence-electron chi connectivity index (χ4n) is 2.48. The molecule has 2 atom stereocenters. The molecule has 0 spiro atoms. The number of aromatic nitrogens is 1. The van der Waals surface area contributed by atoms with Gasteiger partial charge in [0.2, 0.25) is 5.88 Å². The van der Waals surface area contributed by atoms with Crippen LogP contribution in [0.25, 0.3) is 10.8 Å². The van der Waals surface area contributed by atoms with Gasteiger partial charge in [0, 0.05) is 29.0 Å². The van der Waals surface area contributed by atoms with E-state index in [1.54, 1.807) is 6.20 Å². The van der Waals surface area contributed by atoms with Crippen LogP contribution in [0, 0.1) is 0 Å². The van der Waals surface area contributed by atoms with Crippen LogP contribution in [0.3, 0.4) is 0 Å². The Hall–Kier alpha value is -1.37. The van der Waals surface area contributed by atoms with E-state index in [2.05, 4.69) is 26.2 Å². The SMILES string of the molecule is COC(=O)[C@@H]1C[C@@H](Oc2nccc3ccc(Br)cc23)CN1.Cl.